The van der Waals surface area contributed by atoms with Crippen molar-refractivity contribution in [2.45, 2.75) is 0 Å². The summed E-state index contributed by atoms with van der Waals surface area (Å²) < 4.78 is 0. The summed E-state index contributed by atoms with van der Waals surface area (Å²) in [6, 6.07) is 57.7. The molecule has 9 rings (SSSR count). The average Bonchev–Trinajstić information content (AvgIpc) is 3.18. The molecule has 0 aliphatic heterocycles. The Morgan fingerprint density at radius 1 is 0.354 bits per heavy atom. The Bertz CT molecular complexity index is 2590. The van der Waals surface area contributed by atoms with E-state index in [9.17, 15) is 0 Å². The molecule has 0 amide bonds. The lowest BCUT2D eigenvalue weighted by molar-refractivity contribution is 1.18. The van der Waals surface area contributed by atoms with Gasteiger partial charge in [0.05, 0.1) is 11.4 Å². The molecule has 0 aliphatic rings. The number of benzene rings is 7. The monoisotopic (exact) mass is 611 g/mol. The molecule has 0 bridgehead atoms. The minimum atomic E-state index is 0.689. The van der Waals surface area contributed by atoms with Gasteiger partial charge in [0, 0.05) is 34.6 Å². The highest BCUT2D eigenvalue weighted by molar-refractivity contribution is 6.23. The number of aromatic nitrogens is 3. The number of rotatable bonds is 5. The lowest BCUT2D eigenvalue weighted by Gasteiger charge is -2.14. The van der Waals surface area contributed by atoms with Crippen LogP contribution in [0.1, 0.15) is 0 Å². The fourth-order valence-electron chi connectivity index (χ4n) is 6.87. The Labute approximate surface area is 278 Å². The number of hydrogen-bond donors (Lipinski definition) is 0. The molecule has 3 heteroatoms. The molecule has 0 radical (unpaired) electrons. The van der Waals surface area contributed by atoms with Crippen LogP contribution in [0.3, 0.4) is 0 Å². The molecule has 9 aromatic rings. The van der Waals surface area contributed by atoms with Gasteiger partial charge in [-0.3, -0.25) is 4.98 Å². The van der Waals surface area contributed by atoms with Crippen molar-refractivity contribution in [3.63, 3.8) is 0 Å². The molecule has 3 nitrogen and oxygen atoms in total. The van der Waals surface area contributed by atoms with Crippen molar-refractivity contribution in [2.24, 2.45) is 0 Å². The van der Waals surface area contributed by atoms with Crippen LogP contribution in [0.15, 0.2) is 176 Å². The maximum Gasteiger partial charge on any atom is 0.160 e. The van der Waals surface area contributed by atoms with Crippen LogP contribution in [0.4, 0.5) is 0 Å². The van der Waals surface area contributed by atoms with Gasteiger partial charge in [-0.05, 0) is 67.2 Å². The third kappa shape index (κ3) is 4.90. The van der Waals surface area contributed by atoms with Crippen molar-refractivity contribution in [1.82, 2.24) is 15.0 Å². The quantitative estimate of drug-likeness (QED) is 0.182. The second-order valence-electron chi connectivity index (χ2n) is 12.0. The van der Waals surface area contributed by atoms with Crippen molar-refractivity contribution >= 4 is 32.3 Å². The number of hydrogen-bond acceptors (Lipinski definition) is 3. The zero-order chi connectivity index (χ0) is 31.9. The molecule has 0 spiro atoms. The van der Waals surface area contributed by atoms with Crippen LogP contribution < -0.4 is 0 Å². The maximum absolute atomic E-state index is 5.18. The van der Waals surface area contributed by atoms with Gasteiger partial charge in [-0.25, -0.2) is 9.97 Å². The van der Waals surface area contributed by atoms with Gasteiger partial charge in [-0.2, -0.15) is 0 Å². The van der Waals surface area contributed by atoms with Crippen molar-refractivity contribution in [1.29, 1.82) is 0 Å². The molecule has 0 fully saturated rings. The van der Waals surface area contributed by atoms with Gasteiger partial charge in [0.2, 0.25) is 0 Å². The first-order valence-electron chi connectivity index (χ1n) is 16.2. The Balaban J connectivity index is 1.19. The minimum absolute atomic E-state index is 0.689. The fourth-order valence-corrected chi connectivity index (χ4v) is 6.87. The molecule has 0 saturated heterocycles. The Morgan fingerprint density at radius 3 is 1.81 bits per heavy atom. The van der Waals surface area contributed by atoms with Crippen LogP contribution in [-0.2, 0) is 0 Å². The molecule has 0 aliphatic carbocycles. The minimum Gasteiger partial charge on any atom is -0.264 e. The first-order chi connectivity index (χ1) is 23.8. The van der Waals surface area contributed by atoms with E-state index in [1.807, 2.05) is 30.5 Å². The zero-order valence-corrected chi connectivity index (χ0v) is 26.1. The van der Waals surface area contributed by atoms with Crippen LogP contribution in [-0.4, -0.2) is 15.0 Å². The summed E-state index contributed by atoms with van der Waals surface area (Å²) in [6.45, 7) is 0. The topological polar surface area (TPSA) is 38.7 Å². The summed E-state index contributed by atoms with van der Waals surface area (Å²) in [5, 5.41) is 7.58. The number of fused-ring (bicyclic) bond motifs is 5. The molecule has 7 aromatic carbocycles. The van der Waals surface area contributed by atoms with E-state index in [1.165, 1.54) is 37.9 Å². The first kappa shape index (κ1) is 27.8. The molecule has 0 N–H and O–H groups in total. The van der Waals surface area contributed by atoms with Crippen LogP contribution in [0, 0.1) is 0 Å². The lowest BCUT2D eigenvalue weighted by Crippen LogP contribution is -1.97. The third-order valence-electron chi connectivity index (χ3n) is 9.17. The van der Waals surface area contributed by atoms with Gasteiger partial charge in [0.1, 0.15) is 0 Å². The Morgan fingerprint density at radius 2 is 1.00 bits per heavy atom. The smallest absolute Gasteiger partial charge is 0.160 e. The Hall–Kier alpha value is -6.45. The van der Waals surface area contributed by atoms with Gasteiger partial charge >= 0.3 is 0 Å². The molecule has 2 heterocycles. The second kappa shape index (κ2) is 11.7. The Kier molecular flexibility index (Phi) is 6.80. The van der Waals surface area contributed by atoms with Gasteiger partial charge in [-0.15, -0.1) is 0 Å². The van der Waals surface area contributed by atoms with Gasteiger partial charge in [0.25, 0.3) is 0 Å². The second-order valence-corrected chi connectivity index (χ2v) is 12.0. The van der Waals surface area contributed by atoms with E-state index in [1.54, 1.807) is 6.20 Å². The highest BCUT2D eigenvalue weighted by Gasteiger charge is 2.15. The van der Waals surface area contributed by atoms with Crippen molar-refractivity contribution in [2.75, 3.05) is 0 Å². The first-order valence-corrected chi connectivity index (χ1v) is 16.2. The summed E-state index contributed by atoms with van der Waals surface area (Å²) in [5.41, 5.74) is 9.31. The van der Waals surface area contributed by atoms with Crippen LogP contribution in [0.2, 0.25) is 0 Å². The van der Waals surface area contributed by atoms with Crippen LogP contribution >= 0.6 is 0 Å². The van der Waals surface area contributed by atoms with Gasteiger partial charge < -0.3 is 0 Å². The normalized spacial score (nSPS) is 11.3. The predicted molar refractivity (Wildman–Crippen MR) is 200 cm³/mol. The zero-order valence-electron chi connectivity index (χ0n) is 26.1. The van der Waals surface area contributed by atoms with E-state index in [2.05, 4.69) is 145 Å². The highest BCUT2D eigenvalue weighted by Crippen LogP contribution is 2.39. The van der Waals surface area contributed by atoms with Crippen molar-refractivity contribution in [3.8, 4) is 56.2 Å². The maximum atomic E-state index is 5.18. The highest BCUT2D eigenvalue weighted by atomic mass is 14.9. The fraction of sp³-hybridized carbons (Fsp3) is 0. The number of pyridine rings is 1. The van der Waals surface area contributed by atoms with Crippen LogP contribution in [0.25, 0.3) is 88.5 Å². The molecule has 2 aromatic heterocycles. The van der Waals surface area contributed by atoms with Crippen molar-refractivity contribution < 1.29 is 0 Å². The standard InChI is InChI=1S/C45H29N3/c1-2-12-32(13-3-1)42-28-43(39-18-8-6-15-36(39)35-14-10-26-46-29-35)48-45(47-42)33-23-20-31(21-24-33)41-27-34-25-22-30-11-4-5-16-37(30)44(34)40-19-9-7-17-38(40)41/h1-29H. The average molecular weight is 612 g/mol. The predicted octanol–water partition coefficient (Wildman–Crippen LogP) is 11.7. The summed E-state index contributed by atoms with van der Waals surface area (Å²) in [5.74, 6) is 0.689. The summed E-state index contributed by atoms with van der Waals surface area (Å²) in [6.07, 6.45) is 3.70. The molecular weight excluding hydrogens is 583 g/mol. The lowest BCUT2D eigenvalue weighted by atomic mass is 9.90. The molecule has 0 unspecified atom stereocenters. The molecule has 48 heavy (non-hydrogen) atoms. The van der Waals surface area contributed by atoms with E-state index in [0.717, 1.165) is 44.8 Å². The van der Waals surface area contributed by atoms with E-state index in [0.29, 0.717) is 5.82 Å². The van der Waals surface area contributed by atoms with Gasteiger partial charge in [0.15, 0.2) is 5.82 Å². The van der Waals surface area contributed by atoms with Crippen molar-refractivity contribution in [3.05, 3.63) is 176 Å². The molecule has 224 valence electrons. The largest absolute Gasteiger partial charge is 0.264 e. The number of nitrogens with zero attached hydrogens (tertiary/aromatic N) is 3. The van der Waals surface area contributed by atoms with E-state index in [4.69, 9.17) is 9.97 Å². The van der Waals surface area contributed by atoms with Crippen LogP contribution in [0.5, 0.6) is 0 Å². The van der Waals surface area contributed by atoms with E-state index in [-0.39, 0.29) is 0 Å². The van der Waals surface area contributed by atoms with Gasteiger partial charge in [-0.1, -0.05) is 146 Å². The molecular formula is C45H29N3. The summed E-state index contributed by atoms with van der Waals surface area (Å²) in [4.78, 5) is 14.7. The SMILES string of the molecule is c1ccc(-c2cc(-c3ccccc3-c3cccnc3)nc(-c3ccc(-c4cc5ccc6ccccc6c5c5ccccc45)cc3)n2)cc1. The van der Waals surface area contributed by atoms with E-state index < -0.39 is 0 Å². The van der Waals surface area contributed by atoms with E-state index >= 15 is 0 Å². The summed E-state index contributed by atoms with van der Waals surface area (Å²) >= 11 is 0. The molecule has 0 atom stereocenters. The third-order valence-corrected chi connectivity index (χ3v) is 9.17. The summed E-state index contributed by atoms with van der Waals surface area (Å²) in [7, 11) is 0. The molecule has 0 saturated carbocycles.